The number of thioether (sulfide) groups is 1. The maximum atomic E-state index is 5.77. The average Bonchev–Trinajstić information content (AvgIpc) is 2.53. The van der Waals surface area contributed by atoms with E-state index in [1.165, 1.54) is 21.6 Å². The summed E-state index contributed by atoms with van der Waals surface area (Å²) >= 11 is 1.76. The normalized spacial score (nSPS) is 12.3. The predicted octanol–water partition coefficient (Wildman–Crippen LogP) is 3.72. The lowest BCUT2D eigenvalue weighted by Gasteiger charge is -2.19. The van der Waals surface area contributed by atoms with Gasteiger partial charge in [0.1, 0.15) is 0 Å². The van der Waals surface area contributed by atoms with Gasteiger partial charge in [0.05, 0.1) is 6.04 Å². The number of nitrogens with two attached hydrogens (primary N) is 1. The van der Waals surface area contributed by atoms with Crippen LogP contribution in [0.25, 0.3) is 0 Å². The smallest absolute Gasteiger partial charge is 0.0511 e. The Morgan fingerprint density at radius 3 is 2.30 bits per heavy atom. The van der Waals surface area contributed by atoms with Crippen LogP contribution >= 0.6 is 11.8 Å². The van der Waals surface area contributed by atoms with E-state index in [1.807, 2.05) is 0 Å². The fraction of sp³-hybridized carbons (Fsp3) is 0.294. The van der Waals surface area contributed by atoms with Gasteiger partial charge in [0.2, 0.25) is 0 Å². The van der Waals surface area contributed by atoms with Crippen LogP contribution < -0.4 is 11.3 Å². The zero-order valence-electron chi connectivity index (χ0n) is 12.1. The monoisotopic (exact) mass is 286 g/mol. The number of benzene rings is 2. The first-order valence-corrected chi connectivity index (χ1v) is 8.17. The van der Waals surface area contributed by atoms with Crippen molar-refractivity contribution in [3.8, 4) is 0 Å². The van der Waals surface area contributed by atoms with Crippen molar-refractivity contribution in [3.05, 3.63) is 65.2 Å². The Bertz CT molecular complexity index is 537. The molecule has 20 heavy (non-hydrogen) atoms. The molecule has 106 valence electrons. The Morgan fingerprint density at radius 2 is 1.70 bits per heavy atom. The Labute approximate surface area is 125 Å². The molecule has 0 spiro atoms. The first-order valence-electron chi connectivity index (χ1n) is 6.95. The van der Waals surface area contributed by atoms with E-state index in [-0.39, 0.29) is 6.04 Å². The summed E-state index contributed by atoms with van der Waals surface area (Å²) in [6, 6.07) is 17.4. The van der Waals surface area contributed by atoms with E-state index in [4.69, 9.17) is 5.84 Å². The van der Waals surface area contributed by atoms with Crippen LogP contribution in [0.5, 0.6) is 0 Å². The molecule has 3 heteroatoms. The molecule has 0 bridgehead atoms. The average molecular weight is 286 g/mol. The van der Waals surface area contributed by atoms with Gasteiger partial charge in [0.25, 0.3) is 0 Å². The molecular weight excluding hydrogens is 264 g/mol. The highest BCUT2D eigenvalue weighted by atomic mass is 32.2. The molecule has 2 aromatic rings. The molecule has 1 unspecified atom stereocenters. The summed E-state index contributed by atoms with van der Waals surface area (Å²) in [5, 5.41) is 0. The van der Waals surface area contributed by atoms with E-state index < -0.39 is 0 Å². The molecule has 3 N–H and O–H groups in total. The highest BCUT2D eigenvalue weighted by molar-refractivity contribution is 7.98. The third-order valence-electron chi connectivity index (χ3n) is 3.59. The first-order chi connectivity index (χ1) is 9.78. The van der Waals surface area contributed by atoms with Gasteiger partial charge in [-0.2, -0.15) is 0 Å². The minimum atomic E-state index is 0.145. The van der Waals surface area contributed by atoms with Crippen LogP contribution in [0.1, 0.15) is 29.7 Å². The van der Waals surface area contributed by atoms with E-state index in [1.54, 1.807) is 11.8 Å². The van der Waals surface area contributed by atoms with Gasteiger partial charge in [-0.05, 0) is 41.9 Å². The third kappa shape index (κ3) is 3.63. The summed E-state index contributed by atoms with van der Waals surface area (Å²) in [4.78, 5) is 1.28. The Balaban J connectivity index is 2.19. The standard InChI is InChI=1S/C17H22N2S/c1-3-13-8-10-14(11-9-13)12-16(19-18)15-6-4-5-7-17(15)20-2/h4-11,16,19H,3,12,18H2,1-2H3. The number of hydrogen-bond donors (Lipinski definition) is 2. The Morgan fingerprint density at radius 1 is 1.05 bits per heavy atom. The Kier molecular flexibility index (Phi) is 5.65. The van der Waals surface area contributed by atoms with Crippen LogP contribution in [0.3, 0.4) is 0 Å². The number of hydrogen-bond acceptors (Lipinski definition) is 3. The fourth-order valence-electron chi connectivity index (χ4n) is 2.36. The maximum Gasteiger partial charge on any atom is 0.0511 e. The topological polar surface area (TPSA) is 38.0 Å². The molecule has 1 atom stereocenters. The molecule has 0 amide bonds. The van der Waals surface area contributed by atoms with Gasteiger partial charge in [0.15, 0.2) is 0 Å². The van der Waals surface area contributed by atoms with Crippen molar-refractivity contribution < 1.29 is 0 Å². The molecule has 0 radical (unpaired) electrons. The van der Waals surface area contributed by atoms with Crippen molar-refractivity contribution in [2.75, 3.05) is 6.26 Å². The number of rotatable bonds is 6. The molecule has 2 aromatic carbocycles. The van der Waals surface area contributed by atoms with Crippen LogP contribution in [0.15, 0.2) is 53.4 Å². The molecule has 0 aliphatic rings. The second kappa shape index (κ2) is 7.48. The van der Waals surface area contributed by atoms with Gasteiger partial charge >= 0.3 is 0 Å². The highest BCUT2D eigenvalue weighted by Gasteiger charge is 2.13. The third-order valence-corrected chi connectivity index (χ3v) is 4.40. The lowest BCUT2D eigenvalue weighted by molar-refractivity contribution is 0.544. The summed E-state index contributed by atoms with van der Waals surface area (Å²) in [6.45, 7) is 2.17. The van der Waals surface area contributed by atoms with Crippen molar-refractivity contribution >= 4 is 11.8 Å². The highest BCUT2D eigenvalue weighted by Crippen LogP contribution is 2.27. The van der Waals surface area contributed by atoms with Gasteiger partial charge in [-0.3, -0.25) is 11.3 Å². The van der Waals surface area contributed by atoms with Crippen molar-refractivity contribution in [1.82, 2.24) is 5.43 Å². The van der Waals surface area contributed by atoms with Crippen LogP contribution in [0.4, 0.5) is 0 Å². The minimum Gasteiger partial charge on any atom is -0.271 e. The molecule has 0 aromatic heterocycles. The van der Waals surface area contributed by atoms with E-state index in [2.05, 4.69) is 67.1 Å². The van der Waals surface area contributed by atoms with Crippen molar-refractivity contribution in [3.63, 3.8) is 0 Å². The van der Waals surface area contributed by atoms with Crippen molar-refractivity contribution in [2.45, 2.75) is 30.7 Å². The fourth-order valence-corrected chi connectivity index (χ4v) is 3.02. The second-order valence-corrected chi connectivity index (χ2v) is 5.68. The van der Waals surface area contributed by atoms with Gasteiger partial charge in [0, 0.05) is 4.90 Å². The number of hydrazine groups is 1. The largest absolute Gasteiger partial charge is 0.271 e. The molecule has 0 fully saturated rings. The maximum absolute atomic E-state index is 5.77. The second-order valence-electron chi connectivity index (χ2n) is 4.84. The lowest BCUT2D eigenvalue weighted by atomic mass is 9.98. The van der Waals surface area contributed by atoms with Gasteiger partial charge in [-0.1, -0.05) is 49.4 Å². The van der Waals surface area contributed by atoms with Crippen LogP contribution in [0, 0.1) is 0 Å². The van der Waals surface area contributed by atoms with Crippen LogP contribution in [-0.4, -0.2) is 6.26 Å². The molecule has 2 rings (SSSR count). The van der Waals surface area contributed by atoms with E-state index in [9.17, 15) is 0 Å². The summed E-state index contributed by atoms with van der Waals surface area (Å²) < 4.78 is 0. The number of nitrogens with one attached hydrogen (secondary N) is 1. The summed E-state index contributed by atoms with van der Waals surface area (Å²) in [7, 11) is 0. The molecule has 0 saturated heterocycles. The molecule has 2 nitrogen and oxygen atoms in total. The molecule has 0 heterocycles. The first kappa shape index (κ1) is 15.1. The zero-order chi connectivity index (χ0) is 14.4. The molecule has 0 aliphatic heterocycles. The lowest BCUT2D eigenvalue weighted by Crippen LogP contribution is -2.30. The van der Waals surface area contributed by atoms with E-state index >= 15 is 0 Å². The quantitative estimate of drug-likeness (QED) is 0.483. The van der Waals surface area contributed by atoms with Gasteiger partial charge in [-0.15, -0.1) is 11.8 Å². The zero-order valence-corrected chi connectivity index (χ0v) is 12.9. The molecular formula is C17H22N2S. The summed E-state index contributed by atoms with van der Waals surface area (Å²) in [6.07, 6.45) is 4.08. The summed E-state index contributed by atoms with van der Waals surface area (Å²) in [5.74, 6) is 5.77. The summed E-state index contributed by atoms with van der Waals surface area (Å²) in [5.41, 5.74) is 6.90. The van der Waals surface area contributed by atoms with Crippen molar-refractivity contribution in [1.29, 1.82) is 0 Å². The number of aryl methyl sites for hydroxylation is 1. The Hall–Kier alpha value is -1.29. The van der Waals surface area contributed by atoms with Gasteiger partial charge in [-0.25, -0.2) is 0 Å². The van der Waals surface area contributed by atoms with Gasteiger partial charge < -0.3 is 0 Å². The predicted molar refractivity (Wildman–Crippen MR) is 87.8 cm³/mol. The minimum absolute atomic E-state index is 0.145. The van der Waals surface area contributed by atoms with E-state index in [0.717, 1.165) is 12.8 Å². The molecule has 0 aliphatic carbocycles. The van der Waals surface area contributed by atoms with E-state index in [0.29, 0.717) is 0 Å². The van der Waals surface area contributed by atoms with Crippen LogP contribution in [-0.2, 0) is 12.8 Å². The molecule has 0 saturated carbocycles. The van der Waals surface area contributed by atoms with Crippen molar-refractivity contribution in [2.24, 2.45) is 5.84 Å². The van der Waals surface area contributed by atoms with Crippen LogP contribution in [0.2, 0.25) is 0 Å². The SMILES string of the molecule is CCc1ccc(CC(NN)c2ccccc2SC)cc1.